The highest BCUT2D eigenvalue weighted by Crippen LogP contribution is 2.37. The van der Waals surface area contributed by atoms with Gasteiger partial charge in [-0.3, -0.25) is 0 Å². The van der Waals surface area contributed by atoms with Gasteiger partial charge in [-0.2, -0.15) is 0 Å². The summed E-state index contributed by atoms with van der Waals surface area (Å²) in [6, 6.07) is 18.8. The molecule has 0 radical (unpaired) electrons. The smallest absolute Gasteiger partial charge is 0.119 e. The van der Waals surface area contributed by atoms with Crippen LogP contribution in [0.4, 0.5) is 0 Å². The third-order valence-corrected chi connectivity index (χ3v) is 4.78. The standard InChI is InChI=1S/C20H25NO/c21-14-20(17-8-4-5-9-17)18-10-12-19(13-11-18)22-15-16-6-2-1-3-7-16/h1-3,6-7,10-13,17,20H,4-5,8-9,14-15,21H2. The summed E-state index contributed by atoms with van der Waals surface area (Å²) in [5, 5.41) is 0. The van der Waals surface area contributed by atoms with E-state index < -0.39 is 0 Å². The average Bonchev–Trinajstić information content (AvgIpc) is 3.10. The lowest BCUT2D eigenvalue weighted by Gasteiger charge is -2.22. The molecule has 1 saturated carbocycles. The molecule has 1 aliphatic carbocycles. The topological polar surface area (TPSA) is 35.2 Å². The van der Waals surface area contributed by atoms with Crippen molar-refractivity contribution in [3.8, 4) is 5.75 Å². The van der Waals surface area contributed by atoms with E-state index in [9.17, 15) is 0 Å². The number of benzene rings is 2. The van der Waals surface area contributed by atoms with Crippen LogP contribution in [0.1, 0.15) is 42.7 Å². The molecule has 0 heterocycles. The van der Waals surface area contributed by atoms with E-state index in [4.69, 9.17) is 10.5 Å². The molecule has 0 aromatic heterocycles. The highest BCUT2D eigenvalue weighted by atomic mass is 16.5. The summed E-state index contributed by atoms with van der Waals surface area (Å²) < 4.78 is 5.85. The fourth-order valence-corrected chi connectivity index (χ4v) is 3.51. The molecular weight excluding hydrogens is 270 g/mol. The SMILES string of the molecule is NCC(c1ccc(OCc2ccccc2)cc1)C1CCCC1. The second kappa shape index (κ2) is 7.46. The lowest BCUT2D eigenvalue weighted by Crippen LogP contribution is -2.19. The minimum absolute atomic E-state index is 0.505. The molecule has 2 N–H and O–H groups in total. The van der Waals surface area contributed by atoms with Crippen molar-refractivity contribution in [3.63, 3.8) is 0 Å². The molecule has 3 rings (SSSR count). The van der Waals surface area contributed by atoms with E-state index in [1.165, 1.54) is 36.8 Å². The van der Waals surface area contributed by atoms with Crippen molar-refractivity contribution in [1.29, 1.82) is 0 Å². The predicted octanol–water partition coefficient (Wildman–Crippen LogP) is 4.50. The molecule has 2 aromatic carbocycles. The van der Waals surface area contributed by atoms with Crippen molar-refractivity contribution in [3.05, 3.63) is 65.7 Å². The Balaban J connectivity index is 1.61. The lowest BCUT2D eigenvalue weighted by molar-refractivity contribution is 0.306. The minimum Gasteiger partial charge on any atom is -0.489 e. The molecule has 116 valence electrons. The molecule has 2 nitrogen and oxygen atoms in total. The van der Waals surface area contributed by atoms with E-state index in [2.05, 4.69) is 36.4 Å². The first-order valence-corrected chi connectivity index (χ1v) is 8.33. The zero-order chi connectivity index (χ0) is 15.2. The summed E-state index contributed by atoms with van der Waals surface area (Å²) in [4.78, 5) is 0. The molecule has 0 saturated heterocycles. The average molecular weight is 295 g/mol. The molecule has 1 atom stereocenters. The Hall–Kier alpha value is -1.80. The van der Waals surface area contributed by atoms with E-state index in [1.54, 1.807) is 0 Å². The Labute approximate surface area is 133 Å². The maximum atomic E-state index is 6.03. The zero-order valence-electron chi connectivity index (χ0n) is 13.1. The number of hydrogen-bond acceptors (Lipinski definition) is 2. The van der Waals surface area contributed by atoms with Crippen LogP contribution in [0.2, 0.25) is 0 Å². The Morgan fingerprint density at radius 2 is 1.64 bits per heavy atom. The molecule has 22 heavy (non-hydrogen) atoms. The van der Waals surface area contributed by atoms with Crippen molar-refractivity contribution in [2.24, 2.45) is 11.7 Å². The van der Waals surface area contributed by atoms with E-state index in [0.29, 0.717) is 12.5 Å². The molecule has 1 unspecified atom stereocenters. The first kappa shape index (κ1) is 15.1. The van der Waals surface area contributed by atoms with Crippen molar-refractivity contribution in [1.82, 2.24) is 0 Å². The largest absolute Gasteiger partial charge is 0.489 e. The van der Waals surface area contributed by atoms with Gasteiger partial charge in [-0.1, -0.05) is 55.3 Å². The van der Waals surface area contributed by atoms with Crippen LogP contribution in [0, 0.1) is 5.92 Å². The molecule has 1 aliphatic rings. The molecular formula is C20H25NO. The van der Waals surface area contributed by atoms with Gasteiger partial charge in [0.15, 0.2) is 0 Å². The molecule has 2 heteroatoms. The summed E-state index contributed by atoms with van der Waals surface area (Å²) in [6.07, 6.45) is 5.38. The second-order valence-electron chi connectivity index (χ2n) is 6.23. The Bertz CT molecular complexity index is 558. The van der Waals surface area contributed by atoms with Gasteiger partial charge in [-0.25, -0.2) is 0 Å². The van der Waals surface area contributed by atoms with Crippen LogP contribution in [0.25, 0.3) is 0 Å². The van der Waals surface area contributed by atoms with Crippen molar-refractivity contribution in [2.45, 2.75) is 38.2 Å². The first-order chi connectivity index (χ1) is 10.9. The number of ether oxygens (including phenoxy) is 1. The molecule has 0 bridgehead atoms. The summed E-state index contributed by atoms with van der Waals surface area (Å²) in [7, 11) is 0. The van der Waals surface area contributed by atoms with Gasteiger partial charge in [0.2, 0.25) is 0 Å². The zero-order valence-corrected chi connectivity index (χ0v) is 13.1. The summed E-state index contributed by atoms with van der Waals surface area (Å²) in [5.74, 6) is 2.20. The van der Waals surface area contributed by atoms with Gasteiger partial charge in [0.05, 0.1) is 0 Å². The van der Waals surface area contributed by atoms with Crippen molar-refractivity contribution >= 4 is 0 Å². The maximum Gasteiger partial charge on any atom is 0.119 e. The van der Waals surface area contributed by atoms with Crippen LogP contribution >= 0.6 is 0 Å². The molecule has 0 amide bonds. The number of nitrogens with two attached hydrogens (primary N) is 1. The quantitative estimate of drug-likeness (QED) is 0.851. The monoisotopic (exact) mass is 295 g/mol. The van der Waals surface area contributed by atoms with E-state index in [1.807, 2.05) is 18.2 Å². The van der Waals surface area contributed by atoms with Crippen LogP contribution in [0.15, 0.2) is 54.6 Å². The summed E-state index contributed by atoms with van der Waals surface area (Å²) in [5.41, 5.74) is 8.58. The van der Waals surface area contributed by atoms with E-state index >= 15 is 0 Å². The third kappa shape index (κ3) is 3.69. The fraction of sp³-hybridized carbons (Fsp3) is 0.400. The molecule has 0 spiro atoms. The van der Waals surface area contributed by atoms with Gasteiger partial charge in [0, 0.05) is 0 Å². The van der Waals surface area contributed by atoms with Crippen molar-refractivity contribution < 1.29 is 4.74 Å². The Morgan fingerprint density at radius 3 is 2.27 bits per heavy atom. The van der Waals surface area contributed by atoms with Gasteiger partial charge in [-0.15, -0.1) is 0 Å². The van der Waals surface area contributed by atoms with Crippen LogP contribution in [-0.4, -0.2) is 6.54 Å². The summed E-state index contributed by atoms with van der Waals surface area (Å²) >= 11 is 0. The van der Waals surface area contributed by atoms with Crippen LogP contribution in [0.5, 0.6) is 5.75 Å². The minimum atomic E-state index is 0.505. The highest BCUT2D eigenvalue weighted by molar-refractivity contribution is 5.30. The molecule has 1 fully saturated rings. The Morgan fingerprint density at radius 1 is 0.955 bits per heavy atom. The Kier molecular flexibility index (Phi) is 5.12. The van der Waals surface area contributed by atoms with Gasteiger partial charge >= 0.3 is 0 Å². The lowest BCUT2D eigenvalue weighted by atomic mass is 9.85. The van der Waals surface area contributed by atoms with Crippen LogP contribution < -0.4 is 10.5 Å². The van der Waals surface area contributed by atoms with Crippen molar-refractivity contribution in [2.75, 3.05) is 6.54 Å². The second-order valence-corrected chi connectivity index (χ2v) is 6.23. The van der Waals surface area contributed by atoms with Gasteiger partial charge in [-0.05, 0) is 54.5 Å². The molecule has 0 aliphatic heterocycles. The number of hydrogen-bond donors (Lipinski definition) is 1. The summed E-state index contributed by atoms with van der Waals surface area (Å²) in [6.45, 7) is 1.36. The van der Waals surface area contributed by atoms with Crippen LogP contribution in [0.3, 0.4) is 0 Å². The predicted molar refractivity (Wildman–Crippen MR) is 91.0 cm³/mol. The first-order valence-electron chi connectivity index (χ1n) is 8.33. The maximum absolute atomic E-state index is 6.03. The van der Waals surface area contributed by atoms with Gasteiger partial charge in [0.1, 0.15) is 12.4 Å². The van der Waals surface area contributed by atoms with Gasteiger partial charge in [0.25, 0.3) is 0 Å². The van der Waals surface area contributed by atoms with E-state index in [-0.39, 0.29) is 0 Å². The van der Waals surface area contributed by atoms with Crippen LogP contribution in [-0.2, 0) is 6.61 Å². The van der Waals surface area contributed by atoms with Gasteiger partial charge < -0.3 is 10.5 Å². The normalized spacial score (nSPS) is 16.6. The highest BCUT2D eigenvalue weighted by Gasteiger charge is 2.25. The fourth-order valence-electron chi connectivity index (χ4n) is 3.51. The molecule has 2 aromatic rings. The van der Waals surface area contributed by atoms with E-state index in [0.717, 1.165) is 18.2 Å². The third-order valence-electron chi connectivity index (χ3n) is 4.78. The number of rotatable bonds is 6.